The third-order valence-corrected chi connectivity index (χ3v) is 8.33. The van der Waals surface area contributed by atoms with E-state index < -0.39 is 10.0 Å². The predicted molar refractivity (Wildman–Crippen MR) is 107 cm³/mol. The second-order valence-corrected chi connectivity index (χ2v) is 10.1. The van der Waals surface area contributed by atoms with E-state index in [2.05, 4.69) is 0 Å². The summed E-state index contributed by atoms with van der Waals surface area (Å²) in [5, 5.41) is 1.75. The Kier molecular flexibility index (Phi) is 5.89. The lowest BCUT2D eigenvalue weighted by molar-refractivity contribution is -0.138. The Hall–Kier alpha value is -2.36. The number of carbonyl (C=O) groups is 1. The molecule has 0 spiro atoms. The molecule has 1 fully saturated rings. The van der Waals surface area contributed by atoms with Crippen molar-refractivity contribution >= 4 is 27.3 Å². The standard InChI is InChI=1S/C20H22N2O5S2/c23-20(21(14-17-4-1-11-26-17)15-18-5-2-12-27-18)16-7-9-22(10-8-16)29(24,25)19-6-3-13-28-19/h1-6,11-13,16H,7-10,14-15H2. The Balaban J connectivity index is 1.43. The summed E-state index contributed by atoms with van der Waals surface area (Å²) in [5.74, 6) is 1.16. The number of nitrogens with zero attached hydrogens (tertiary/aromatic N) is 2. The highest BCUT2D eigenvalue weighted by molar-refractivity contribution is 7.91. The van der Waals surface area contributed by atoms with Gasteiger partial charge in [-0.2, -0.15) is 4.31 Å². The summed E-state index contributed by atoms with van der Waals surface area (Å²) in [6.45, 7) is 1.37. The van der Waals surface area contributed by atoms with E-state index in [1.165, 1.54) is 15.6 Å². The number of thiophene rings is 1. The second kappa shape index (κ2) is 8.56. The molecule has 9 heteroatoms. The fraction of sp³-hybridized carbons (Fsp3) is 0.350. The van der Waals surface area contributed by atoms with Gasteiger partial charge in [0.1, 0.15) is 15.7 Å². The SMILES string of the molecule is O=C(C1CCN(S(=O)(=O)c2cccs2)CC1)N(Cc1ccco1)Cc1ccco1. The van der Waals surface area contributed by atoms with Crippen molar-refractivity contribution in [2.45, 2.75) is 30.1 Å². The van der Waals surface area contributed by atoms with E-state index in [-0.39, 0.29) is 11.8 Å². The summed E-state index contributed by atoms with van der Waals surface area (Å²) >= 11 is 1.21. The molecule has 0 radical (unpaired) electrons. The number of piperidine rings is 1. The van der Waals surface area contributed by atoms with Crippen molar-refractivity contribution in [1.29, 1.82) is 0 Å². The molecule has 3 aromatic rings. The van der Waals surface area contributed by atoms with Gasteiger partial charge in [0.2, 0.25) is 5.91 Å². The molecule has 0 unspecified atom stereocenters. The zero-order valence-corrected chi connectivity index (χ0v) is 17.4. The first-order valence-corrected chi connectivity index (χ1v) is 11.7. The van der Waals surface area contributed by atoms with Crippen LogP contribution in [-0.4, -0.2) is 36.6 Å². The van der Waals surface area contributed by atoms with Crippen LogP contribution in [0.5, 0.6) is 0 Å². The molecule has 154 valence electrons. The summed E-state index contributed by atoms with van der Waals surface area (Å²) in [7, 11) is -3.47. The van der Waals surface area contributed by atoms with Crippen LogP contribution in [0, 0.1) is 5.92 Å². The van der Waals surface area contributed by atoms with E-state index in [0.717, 1.165) is 0 Å². The minimum atomic E-state index is -3.47. The fourth-order valence-corrected chi connectivity index (χ4v) is 6.15. The van der Waals surface area contributed by atoms with Gasteiger partial charge in [-0.05, 0) is 48.6 Å². The summed E-state index contributed by atoms with van der Waals surface area (Å²) in [5.41, 5.74) is 0. The molecule has 1 saturated heterocycles. The monoisotopic (exact) mass is 434 g/mol. The van der Waals surface area contributed by atoms with Crippen LogP contribution < -0.4 is 0 Å². The molecule has 0 N–H and O–H groups in total. The molecule has 0 atom stereocenters. The van der Waals surface area contributed by atoms with Gasteiger partial charge in [0.05, 0.1) is 25.6 Å². The Labute approximate surface area is 173 Å². The van der Waals surface area contributed by atoms with Gasteiger partial charge in [0.15, 0.2) is 0 Å². The minimum absolute atomic E-state index is 0.00836. The number of carbonyl (C=O) groups excluding carboxylic acids is 1. The average molecular weight is 435 g/mol. The zero-order valence-electron chi connectivity index (χ0n) is 15.8. The van der Waals surface area contributed by atoms with E-state index in [4.69, 9.17) is 8.83 Å². The molecule has 29 heavy (non-hydrogen) atoms. The lowest BCUT2D eigenvalue weighted by Crippen LogP contribution is -2.43. The minimum Gasteiger partial charge on any atom is -0.467 e. The van der Waals surface area contributed by atoms with E-state index in [0.29, 0.717) is 54.8 Å². The topological polar surface area (TPSA) is 84.0 Å². The van der Waals surface area contributed by atoms with Gasteiger partial charge in [-0.25, -0.2) is 8.42 Å². The third kappa shape index (κ3) is 4.47. The Morgan fingerprint density at radius 2 is 1.66 bits per heavy atom. The number of hydrogen-bond donors (Lipinski definition) is 0. The highest BCUT2D eigenvalue weighted by atomic mass is 32.2. The molecular formula is C20H22N2O5S2. The second-order valence-electron chi connectivity index (χ2n) is 6.96. The molecule has 1 aliphatic rings. The smallest absolute Gasteiger partial charge is 0.252 e. The van der Waals surface area contributed by atoms with E-state index in [1.54, 1.807) is 47.1 Å². The lowest BCUT2D eigenvalue weighted by atomic mass is 9.96. The quantitative estimate of drug-likeness (QED) is 0.568. The molecule has 0 aromatic carbocycles. The maximum absolute atomic E-state index is 13.2. The first-order chi connectivity index (χ1) is 14.0. The van der Waals surface area contributed by atoms with Crippen LogP contribution in [0.2, 0.25) is 0 Å². The third-order valence-electron chi connectivity index (χ3n) is 5.06. The van der Waals surface area contributed by atoms with Crippen molar-refractivity contribution < 1.29 is 22.0 Å². The summed E-state index contributed by atoms with van der Waals surface area (Å²) in [6, 6.07) is 10.6. The van der Waals surface area contributed by atoms with Crippen LogP contribution in [-0.2, 0) is 27.9 Å². The molecule has 1 amide bonds. The molecular weight excluding hydrogens is 412 g/mol. The molecule has 0 aliphatic carbocycles. The molecule has 4 rings (SSSR count). The summed E-state index contributed by atoms with van der Waals surface area (Å²) in [6.07, 6.45) is 4.16. The number of rotatable bonds is 7. The van der Waals surface area contributed by atoms with Gasteiger partial charge >= 0.3 is 0 Å². The van der Waals surface area contributed by atoms with Gasteiger partial charge in [0.25, 0.3) is 10.0 Å². The molecule has 1 aliphatic heterocycles. The van der Waals surface area contributed by atoms with Crippen LogP contribution in [0.1, 0.15) is 24.4 Å². The molecule has 0 saturated carbocycles. The van der Waals surface area contributed by atoms with Gasteiger partial charge in [0, 0.05) is 19.0 Å². The van der Waals surface area contributed by atoms with Crippen LogP contribution >= 0.6 is 11.3 Å². The highest BCUT2D eigenvalue weighted by Gasteiger charge is 2.34. The molecule has 7 nitrogen and oxygen atoms in total. The number of sulfonamides is 1. The van der Waals surface area contributed by atoms with E-state index in [1.807, 2.05) is 12.1 Å². The molecule has 0 bridgehead atoms. The van der Waals surface area contributed by atoms with Crippen LogP contribution in [0.15, 0.2) is 67.3 Å². The Bertz CT molecular complexity index is 967. The van der Waals surface area contributed by atoms with Crippen molar-refractivity contribution in [2.75, 3.05) is 13.1 Å². The normalized spacial score (nSPS) is 16.1. The number of furan rings is 2. The van der Waals surface area contributed by atoms with Gasteiger partial charge in [-0.1, -0.05) is 6.07 Å². The fourth-order valence-electron chi connectivity index (χ4n) is 3.53. The zero-order chi connectivity index (χ0) is 20.3. The van der Waals surface area contributed by atoms with Crippen molar-refractivity contribution in [3.8, 4) is 0 Å². The highest BCUT2D eigenvalue weighted by Crippen LogP contribution is 2.28. The van der Waals surface area contributed by atoms with Gasteiger partial charge < -0.3 is 13.7 Å². The largest absolute Gasteiger partial charge is 0.467 e. The number of hydrogen-bond acceptors (Lipinski definition) is 6. The molecule has 4 heterocycles. The molecule has 3 aromatic heterocycles. The first-order valence-electron chi connectivity index (χ1n) is 9.41. The van der Waals surface area contributed by atoms with Crippen molar-refractivity contribution in [3.63, 3.8) is 0 Å². The van der Waals surface area contributed by atoms with Crippen LogP contribution in [0.3, 0.4) is 0 Å². The maximum atomic E-state index is 13.2. The van der Waals surface area contributed by atoms with E-state index in [9.17, 15) is 13.2 Å². The van der Waals surface area contributed by atoms with Crippen molar-refractivity contribution in [2.24, 2.45) is 5.92 Å². The summed E-state index contributed by atoms with van der Waals surface area (Å²) < 4.78 is 38.0. The summed E-state index contributed by atoms with van der Waals surface area (Å²) in [4.78, 5) is 14.9. The Morgan fingerprint density at radius 3 is 2.14 bits per heavy atom. The van der Waals surface area contributed by atoms with Gasteiger partial charge in [-0.3, -0.25) is 4.79 Å². The lowest BCUT2D eigenvalue weighted by Gasteiger charge is -2.33. The number of amides is 1. The average Bonchev–Trinajstić information content (AvgIpc) is 3.50. The first kappa shape index (κ1) is 19.9. The maximum Gasteiger partial charge on any atom is 0.252 e. The van der Waals surface area contributed by atoms with E-state index >= 15 is 0 Å². The predicted octanol–water partition coefficient (Wildman–Crippen LogP) is 3.56. The van der Waals surface area contributed by atoms with Crippen LogP contribution in [0.25, 0.3) is 0 Å². The van der Waals surface area contributed by atoms with Crippen molar-refractivity contribution in [3.05, 3.63) is 65.8 Å². The Morgan fingerprint density at radius 1 is 1.03 bits per heavy atom. The van der Waals surface area contributed by atoms with Gasteiger partial charge in [-0.15, -0.1) is 11.3 Å². The van der Waals surface area contributed by atoms with Crippen LogP contribution in [0.4, 0.5) is 0 Å². The van der Waals surface area contributed by atoms with Crippen molar-refractivity contribution in [1.82, 2.24) is 9.21 Å².